The number of methoxy groups -OCH3 is 1. The van der Waals surface area contributed by atoms with Crippen LogP contribution in [0.3, 0.4) is 0 Å². The molecule has 2 aliphatic rings. The molecule has 1 saturated heterocycles. The fourth-order valence-corrected chi connectivity index (χ4v) is 6.50. The lowest BCUT2D eigenvalue weighted by Crippen LogP contribution is -2.43. The number of nitrogens with one attached hydrogen (secondary N) is 1. The summed E-state index contributed by atoms with van der Waals surface area (Å²) >= 11 is 0. The molecule has 2 amide bonds. The second-order valence-corrected chi connectivity index (χ2v) is 10.7. The molecule has 2 aliphatic heterocycles. The molecule has 35 heavy (non-hydrogen) atoms. The number of benzene rings is 3. The zero-order valence-electron chi connectivity index (χ0n) is 19.7. The van der Waals surface area contributed by atoms with Gasteiger partial charge in [-0.1, -0.05) is 12.1 Å². The van der Waals surface area contributed by atoms with Crippen molar-refractivity contribution in [2.75, 3.05) is 37.0 Å². The molecule has 3 aromatic rings. The third kappa shape index (κ3) is 3.94. The summed E-state index contributed by atoms with van der Waals surface area (Å²) in [5.41, 5.74) is 2.09. The van der Waals surface area contributed by atoms with Gasteiger partial charge in [-0.15, -0.1) is 0 Å². The van der Waals surface area contributed by atoms with E-state index in [0.29, 0.717) is 42.9 Å². The lowest BCUT2D eigenvalue weighted by molar-refractivity contribution is -0.120. The molecule has 3 aromatic carbocycles. The summed E-state index contributed by atoms with van der Waals surface area (Å²) in [5.74, 6) is -0.164. The maximum Gasteiger partial charge on any atom is 0.258 e. The van der Waals surface area contributed by atoms with Gasteiger partial charge in [0.15, 0.2) is 0 Å². The number of amides is 2. The molecule has 0 spiro atoms. The quantitative estimate of drug-likeness (QED) is 0.563. The second-order valence-electron chi connectivity index (χ2n) is 8.78. The molecule has 9 heteroatoms. The lowest BCUT2D eigenvalue weighted by atomic mass is 9.98. The summed E-state index contributed by atoms with van der Waals surface area (Å²) < 4.78 is 32.9. The number of anilines is 2. The third-order valence-corrected chi connectivity index (χ3v) is 8.69. The van der Waals surface area contributed by atoms with Crippen molar-refractivity contribution in [2.24, 2.45) is 5.92 Å². The highest BCUT2D eigenvalue weighted by Gasteiger charge is 2.34. The third-order valence-electron chi connectivity index (χ3n) is 6.81. The van der Waals surface area contributed by atoms with Crippen molar-refractivity contribution in [3.8, 4) is 5.75 Å². The van der Waals surface area contributed by atoms with Gasteiger partial charge in [-0.3, -0.25) is 9.59 Å². The Hall–Kier alpha value is -3.43. The van der Waals surface area contributed by atoms with Crippen LogP contribution in [0.15, 0.2) is 59.5 Å². The Kier molecular flexibility index (Phi) is 5.98. The largest absolute Gasteiger partial charge is 0.497 e. The van der Waals surface area contributed by atoms with Crippen LogP contribution in [0.2, 0.25) is 0 Å². The number of hydrogen-bond donors (Lipinski definition) is 1. The Morgan fingerprint density at radius 1 is 1.11 bits per heavy atom. The molecule has 0 aromatic heterocycles. The summed E-state index contributed by atoms with van der Waals surface area (Å²) in [4.78, 5) is 27.9. The molecular formula is C26H27N3O5S. The minimum Gasteiger partial charge on any atom is -0.497 e. The van der Waals surface area contributed by atoms with E-state index in [2.05, 4.69) is 5.32 Å². The van der Waals surface area contributed by atoms with Crippen LogP contribution >= 0.6 is 0 Å². The zero-order valence-corrected chi connectivity index (χ0v) is 20.5. The highest BCUT2D eigenvalue weighted by Crippen LogP contribution is 2.40. The predicted molar refractivity (Wildman–Crippen MR) is 134 cm³/mol. The van der Waals surface area contributed by atoms with E-state index in [4.69, 9.17) is 4.74 Å². The number of nitrogens with zero attached hydrogens (tertiary/aromatic N) is 2. The molecule has 0 saturated carbocycles. The van der Waals surface area contributed by atoms with Gasteiger partial charge in [-0.05, 0) is 62.2 Å². The average Bonchev–Trinajstić information content (AvgIpc) is 3.17. The van der Waals surface area contributed by atoms with Crippen LogP contribution < -0.4 is 15.0 Å². The first-order valence-corrected chi connectivity index (χ1v) is 13.1. The molecule has 8 nitrogen and oxygen atoms in total. The first kappa shape index (κ1) is 23.3. The van der Waals surface area contributed by atoms with E-state index < -0.39 is 15.9 Å². The Balaban J connectivity index is 1.37. The normalized spacial score (nSPS) is 18.2. The molecular weight excluding hydrogens is 466 g/mol. The molecule has 0 radical (unpaired) electrons. The average molecular weight is 494 g/mol. The van der Waals surface area contributed by atoms with Crippen LogP contribution in [0.1, 0.15) is 30.1 Å². The molecule has 0 bridgehead atoms. The van der Waals surface area contributed by atoms with Gasteiger partial charge < -0.3 is 15.0 Å². The van der Waals surface area contributed by atoms with Gasteiger partial charge in [-0.25, -0.2) is 8.42 Å². The minimum atomic E-state index is -3.72. The van der Waals surface area contributed by atoms with Gasteiger partial charge in [0, 0.05) is 41.7 Å². The fraction of sp³-hybridized carbons (Fsp3) is 0.308. The van der Waals surface area contributed by atoms with Crippen molar-refractivity contribution < 1.29 is 22.7 Å². The molecule has 1 atom stereocenters. The number of carbonyl (C=O) groups excluding carboxylic acids is 2. The van der Waals surface area contributed by atoms with Crippen LogP contribution in [-0.4, -0.2) is 51.3 Å². The van der Waals surface area contributed by atoms with Crippen molar-refractivity contribution in [3.63, 3.8) is 0 Å². The molecule has 0 aliphatic carbocycles. The zero-order chi connectivity index (χ0) is 24.7. The van der Waals surface area contributed by atoms with E-state index >= 15 is 0 Å². The van der Waals surface area contributed by atoms with Crippen molar-refractivity contribution in [3.05, 3.63) is 60.2 Å². The number of hydrogen-bond acceptors (Lipinski definition) is 5. The second kappa shape index (κ2) is 8.98. The minimum absolute atomic E-state index is 0.0387. The summed E-state index contributed by atoms with van der Waals surface area (Å²) in [7, 11) is -2.20. The summed E-state index contributed by atoms with van der Waals surface area (Å²) in [6.07, 6.45) is 1.20. The van der Waals surface area contributed by atoms with Crippen molar-refractivity contribution in [2.45, 2.75) is 24.7 Å². The maximum absolute atomic E-state index is 13.2. The van der Waals surface area contributed by atoms with Crippen LogP contribution in [0.5, 0.6) is 5.75 Å². The Labute approximate surface area is 204 Å². The first-order valence-electron chi connectivity index (χ1n) is 11.7. The number of ether oxygens (including phenoxy) is 1. The van der Waals surface area contributed by atoms with Crippen molar-refractivity contribution in [1.82, 2.24) is 4.31 Å². The van der Waals surface area contributed by atoms with Gasteiger partial charge in [0.25, 0.3) is 5.91 Å². The van der Waals surface area contributed by atoms with Gasteiger partial charge in [-0.2, -0.15) is 4.31 Å². The van der Waals surface area contributed by atoms with Crippen LogP contribution in [0.25, 0.3) is 10.8 Å². The van der Waals surface area contributed by atoms with Gasteiger partial charge in [0.2, 0.25) is 15.9 Å². The van der Waals surface area contributed by atoms with Gasteiger partial charge >= 0.3 is 0 Å². The van der Waals surface area contributed by atoms with E-state index in [1.807, 2.05) is 31.2 Å². The number of carbonyl (C=O) groups is 2. The number of rotatable bonds is 6. The Morgan fingerprint density at radius 2 is 1.89 bits per heavy atom. The number of sulfonamides is 1. The number of piperidine rings is 1. The standard InChI is InChI=1S/C26H27N3O5S/c1-3-29-23-14-13-22(20-7-4-8-21(24(20)23)26(29)31)27-25(30)17-6-5-15-28(16-17)35(32,33)19-11-9-18(34-2)10-12-19/h4,7-14,17H,3,5-6,15-16H2,1-2H3,(H,27,30). The summed E-state index contributed by atoms with van der Waals surface area (Å²) in [6.45, 7) is 2.98. The monoisotopic (exact) mass is 493 g/mol. The lowest BCUT2D eigenvalue weighted by Gasteiger charge is -2.31. The maximum atomic E-state index is 13.2. The summed E-state index contributed by atoms with van der Waals surface area (Å²) in [5, 5.41) is 4.64. The fourth-order valence-electron chi connectivity index (χ4n) is 4.98. The topological polar surface area (TPSA) is 96.0 Å². The Morgan fingerprint density at radius 3 is 2.60 bits per heavy atom. The van der Waals surface area contributed by atoms with E-state index in [-0.39, 0.29) is 23.3 Å². The molecule has 2 heterocycles. The van der Waals surface area contributed by atoms with E-state index in [9.17, 15) is 18.0 Å². The van der Waals surface area contributed by atoms with Gasteiger partial charge in [0.1, 0.15) is 5.75 Å². The Bertz CT molecular complexity index is 1420. The van der Waals surface area contributed by atoms with Crippen LogP contribution in [0, 0.1) is 5.92 Å². The molecule has 1 unspecified atom stereocenters. The highest BCUT2D eigenvalue weighted by atomic mass is 32.2. The molecule has 1 fully saturated rings. The molecule has 1 N–H and O–H groups in total. The first-order chi connectivity index (χ1) is 16.8. The van der Waals surface area contributed by atoms with E-state index in [1.165, 1.54) is 23.5 Å². The SMILES string of the molecule is CCN1C(=O)c2cccc3c(NC(=O)C4CCCN(S(=O)(=O)c5ccc(OC)cc5)C4)ccc1c23. The van der Waals surface area contributed by atoms with Crippen LogP contribution in [-0.2, 0) is 14.8 Å². The smallest absolute Gasteiger partial charge is 0.258 e. The molecule has 5 rings (SSSR count). The van der Waals surface area contributed by atoms with Crippen LogP contribution in [0.4, 0.5) is 11.4 Å². The summed E-state index contributed by atoms with van der Waals surface area (Å²) in [6, 6.07) is 15.5. The van der Waals surface area contributed by atoms with Crippen molar-refractivity contribution in [1.29, 1.82) is 0 Å². The highest BCUT2D eigenvalue weighted by molar-refractivity contribution is 7.89. The van der Waals surface area contributed by atoms with E-state index in [1.54, 1.807) is 23.1 Å². The van der Waals surface area contributed by atoms with Crippen molar-refractivity contribution >= 4 is 44.0 Å². The predicted octanol–water partition coefficient (Wildman–Crippen LogP) is 3.87. The molecule has 182 valence electrons. The van der Waals surface area contributed by atoms with E-state index in [0.717, 1.165) is 16.5 Å². The van der Waals surface area contributed by atoms with Gasteiger partial charge in [0.05, 0.1) is 23.6 Å².